The lowest BCUT2D eigenvalue weighted by molar-refractivity contribution is 0.102. The minimum Gasteiger partial charge on any atom is -0.446 e. The molecule has 1 unspecified atom stereocenters. The van der Waals surface area contributed by atoms with Crippen molar-refractivity contribution in [3.05, 3.63) is 24.3 Å². The molecule has 1 fully saturated rings. The predicted octanol–water partition coefficient (Wildman–Crippen LogP) is 3.57. The largest absolute Gasteiger partial charge is 0.446 e. The number of amides is 1. The fraction of sp³-hybridized carbons (Fsp3) is 0.667. The molecule has 0 aromatic carbocycles. The Bertz CT molecular complexity index is 316. The van der Waals surface area contributed by atoms with Crippen LogP contribution in [0.4, 0.5) is 4.79 Å². The van der Waals surface area contributed by atoms with Gasteiger partial charge in [-0.25, -0.2) is 4.79 Å². The van der Waals surface area contributed by atoms with Crippen molar-refractivity contribution in [2.75, 3.05) is 6.54 Å². The molecule has 100 valence electrons. The summed E-state index contributed by atoms with van der Waals surface area (Å²) < 4.78 is 5.31. The molecule has 0 aliphatic heterocycles. The lowest BCUT2D eigenvalue weighted by Gasteiger charge is -2.13. The van der Waals surface area contributed by atoms with Gasteiger partial charge in [-0.2, -0.15) is 0 Å². The molecule has 0 radical (unpaired) electrons. The number of ether oxygens (including phenoxy) is 1. The van der Waals surface area contributed by atoms with E-state index < -0.39 is 0 Å². The predicted molar refractivity (Wildman–Crippen MR) is 72.4 cm³/mol. The summed E-state index contributed by atoms with van der Waals surface area (Å²) in [6.45, 7) is 0.575. The van der Waals surface area contributed by atoms with E-state index in [0.29, 0.717) is 12.5 Å². The summed E-state index contributed by atoms with van der Waals surface area (Å²) >= 11 is 0. The summed E-state index contributed by atoms with van der Waals surface area (Å²) in [7, 11) is 0. The molecule has 2 aliphatic rings. The average molecular weight is 249 g/mol. The molecule has 3 nitrogen and oxygen atoms in total. The van der Waals surface area contributed by atoms with Crippen molar-refractivity contribution >= 4 is 6.09 Å². The molecule has 0 aromatic heterocycles. The number of rotatable bonds is 4. The minimum absolute atomic E-state index is 0.150. The SMILES string of the molecule is O=C(NCC=CC1CC=CCC1)OC1CCCC1. The minimum atomic E-state index is -0.268. The number of hydrogen-bond donors (Lipinski definition) is 1. The van der Waals surface area contributed by atoms with E-state index in [2.05, 4.69) is 23.5 Å². The molecule has 0 saturated heterocycles. The molecule has 0 spiro atoms. The van der Waals surface area contributed by atoms with Crippen LogP contribution in [0.25, 0.3) is 0 Å². The number of carbonyl (C=O) groups is 1. The third kappa shape index (κ3) is 4.55. The molecular weight excluding hydrogens is 226 g/mol. The van der Waals surface area contributed by atoms with Crippen LogP contribution in [-0.4, -0.2) is 18.7 Å². The Hall–Kier alpha value is -1.25. The molecule has 1 atom stereocenters. The van der Waals surface area contributed by atoms with E-state index in [1.54, 1.807) is 0 Å². The summed E-state index contributed by atoms with van der Waals surface area (Å²) in [5, 5.41) is 2.78. The van der Waals surface area contributed by atoms with Gasteiger partial charge in [0.05, 0.1) is 0 Å². The Morgan fingerprint density at radius 1 is 1.28 bits per heavy atom. The van der Waals surface area contributed by atoms with Crippen molar-refractivity contribution in [1.29, 1.82) is 0 Å². The number of allylic oxidation sites excluding steroid dienone is 3. The maximum absolute atomic E-state index is 11.5. The highest BCUT2D eigenvalue weighted by molar-refractivity contribution is 5.67. The van der Waals surface area contributed by atoms with Gasteiger partial charge in [-0.05, 0) is 50.9 Å². The Balaban J connectivity index is 1.57. The first kappa shape index (κ1) is 13.2. The van der Waals surface area contributed by atoms with Gasteiger partial charge in [0.2, 0.25) is 0 Å². The molecule has 0 aromatic rings. The fourth-order valence-corrected chi connectivity index (χ4v) is 2.59. The van der Waals surface area contributed by atoms with Crippen LogP contribution in [0.5, 0.6) is 0 Å². The molecule has 18 heavy (non-hydrogen) atoms. The Kier molecular flexibility index (Phi) is 5.31. The highest BCUT2D eigenvalue weighted by Gasteiger charge is 2.18. The monoisotopic (exact) mass is 249 g/mol. The highest BCUT2D eigenvalue weighted by atomic mass is 16.6. The van der Waals surface area contributed by atoms with Crippen LogP contribution in [0.1, 0.15) is 44.9 Å². The van der Waals surface area contributed by atoms with Crippen LogP contribution >= 0.6 is 0 Å². The second-order valence-electron chi connectivity index (χ2n) is 5.17. The van der Waals surface area contributed by atoms with Crippen LogP contribution in [0.2, 0.25) is 0 Å². The lowest BCUT2D eigenvalue weighted by Crippen LogP contribution is -2.28. The fourth-order valence-electron chi connectivity index (χ4n) is 2.59. The first-order chi connectivity index (χ1) is 8.84. The van der Waals surface area contributed by atoms with Gasteiger partial charge in [-0.3, -0.25) is 0 Å². The molecule has 2 rings (SSSR count). The topological polar surface area (TPSA) is 38.3 Å². The van der Waals surface area contributed by atoms with Gasteiger partial charge in [0.1, 0.15) is 6.10 Å². The van der Waals surface area contributed by atoms with Crippen molar-refractivity contribution in [3.63, 3.8) is 0 Å². The number of carbonyl (C=O) groups excluding carboxylic acids is 1. The number of nitrogens with one attached hydrogen (secondary N) is 1. The average Bonchev–Trinajstić information content (AvgIpc) is 2.89. The maximum atomic E-state index is 11.5. The molecule has 2 aliphatic carbocycles. The summed E-state index contributed by atoms with van der Waals surface area (Å²) in [4.78, 5) is 11.5. The van der Waals surface area contributed by atoms with E-state index in [1.165, 1.54) is 25.7 Å². The van der Waals surface area contributed by atoms with Crippen LogP contribution in [0.3, 0.4) is 0 Å². The highest BCUT2D eigenvalue weighted by Crippen LogP contribution is 2.21. The number of hydrogen-bond acceptors (Lipinski definition) is 2. The van der Waals surface area contributed by atoms with Crippen LogP contribution < -0.4 is 5.32 Å². The number of alkyl carbamates (subject to hydrolysis) is 1. The van der Waals surface area contributed by atoms with Crippen LogP contribution in [0.15, 0.2) is 24.3 Å². The van der Waals surface area contributed by atoms with Gasteiger partial charge in [-0.15, -0.1) is 0 Å². The third-order valence-electron chi connectivity index (χ3n) is 3.66. The van der Waals surface area contributed by atoms with E-state index in [9.17, 15) is 4.79 Å². The van der Waals surface area contributed by atoms with Crippen LogP contribution in [-0.2, 0) is 4.74 Å². The van der Waals surface area contributed by atoms with E-state index >= 15 is 0 Å². The van der Waals surface area contributed by atoms with Gasteiger partial charge in [0.25, 0.3) is 0 Å². The van der Waals surface area contributed by atoms with E-state index in [0.717, 1.165) is 19.3 Å². The molecule has 1 N–H and O–H groups in total. The van der Waals surface area contributed by atoms with E-state index in [-0.39, 0.29) is 12.2 Å². The first-order valence-electron chi connectivity index (χ1n) is 7.11. The van der Waals surface area contributed by atoms with Gasteiger partial charge >= 0.3 is 6.09 Å². The van der Waals surface area contributed by atoms with Gasteiger partial charge in [0, 0.05) is 6.54 Å². The van der Waals surface area contributed by atoms with Gasteiger partial charge < -0.3 is 10.1 Å². The standard InChI is InChI=1S/C15H23NO2/c17-15(18-14-10-4-5-11-14)16-12-6-9-13-7-2-1-3-8-13/h1-2,6,9,13-14H,3-5,7-8,10-12H2,(H,16,17). The molecular formula is C15H23NO2. The van der Waals surface area contributed by atoms with Crippen molar-refractivity contribution in [1.82, 2.24) is 5.32 Å². The second kappa shape index (κ2) is 7.24. The molecule has 3 heteroatoms. The smallest absolute Gasteiger partial charge is 0.407 e. The third-order valence-corrected chi connectivity index (χ3v) is 3.66. The molecule has 1 saturated carbocycles. The van der Waals surface area contributed by atoms with E-state index in [1.807, 2.05) is 6.08 Å². The maximum Gasteiger partial charge on any atom is 0.407 e. The Morgan fingerprint density at radius 2 is 2.11 bits per heavy atom. The summed E-state index contributed by atoms with van der Waals surface area (Å²) in [5.41, 5.74) is 0. The summed E-state index contributed by atoms with van der Waals surface area (Å²) in [6, 6.07) is 0. The second-order valence-corrected chi connectivity index (χ2v) is 5.17. The zero-order valence-electron chi connectivity index (χ0n) is 10.9. The van der Waals surface area contributed by atoms with Crippen molar-refractivity contribution in [3.8, 4) is 0 Å². The Labute approximate surface area is 109 Å². The van der Waals surface area contributed by atoms with Crippen molar-refractivity contribution in [2.24, 2.45) is 5.92 Å². The Morgan fingerprint density at radius 3 is 2.83 bits per heavy atom. The van der Waals surface area contributed by atoms with Gasteiger partial charge in [-0.1, -0.05) is 24.3 Å². The first-order valence-corrected chi connectivity index (χ1v) is 7.11. The van der Waals surface area contributed by atoms with Crippen molar-refractivity contribution < 1.29 is 9.53 Å². The zero-order chi connectivity index (χ0) is 12.6. The van der Waals surface area contributed by atoms with Crippen LogP contribution in [0, 0.1) is 5.92 Å². The zero-order valence-corrected chi connectivity index (χ0v) is 10.9. The summed E-state index contributed by atoms with van der Waals surface area (Å²) in [5.74, 6) is 0.641. The van der Waals surface area contributed by atoms with E-state index in [4.69, 9.17) is 4.74 Å². The normalized spacial score (nSPS) is 24.6. The van der Waals surface area contributed by atoms with Gasteiger partial charge in [0.15, 0.2) is 0 Å². The lowest BCUT2D eigenvalue weighted by atomic mass is 9.94. The molecule has 0 bridgehead atoms. The van der Waals surface area contributed by atoms with Crippen molar-refractivity contribution in [2.45, 2.75) is 51.0 Å². The summed E-state index contributed by atoms with van der Waals surface area (Å²) in [6.07, 6.45) is 16.6. The molecule has 0 heterocycles. The quantitative estimate of drug-likeness (QED) is 0.773. The molecule has 1 amide bonds.